The number of hydrogen-bond acceptors (Lipinski definition) is 5. The van der Waals surface area contributed by atoms with Gasteiger partial charge in [-0.2, -0.15) is 0 Å². The molecule has 0 aliphatic heterocycles. The Kier molecular flexibility index (Phi) is 5.71. The van der Waals surface area contributed by atoms with Gasteiger partial charge < -0.3 is 24.7 Å². The zero-order chi connectivity index (χ0) is 20.4. The van der Waals surface area contributed by atoms with Crippen molar-refractivity contribution in [2.24, 2.45) is 0 Å². The Morgan fingerprint density at radius 3 is 2.28 bits per heavy atom. The number of carbonyl (C=O) groups excluding carboxylic acids is 1. The number of rotatable bonds is 6. The molecule has 1 aliphatic carbocycles. The summed E-state index contributed by atoms with van der Waals surface area (Å²) in [6, 6.07) is 17.8. The van der Waals surface area contributed by atoms with Gasteiger partial charge in [-0.05, 0) is 44.3 Å². The van der Waals surface area contributed by atoms with Crippen LogP contribution in [0.15, 0.2) is 69.8 Å². The second-order valence-corrected chi connectivity index (χ2v) is 7.71. The topological polar surface area (TPSA) is 91.9 Å². The van der Waals surface area contributed by atoms with Crippen LogP contribution in [0.1, 0.15) is 28.9 Å². The van der Waals surface area contributed by atoms with E-state index in [0.29, 0.717) is 4.47 Å². The van der Waals surface area contributed by atoms with Gasteiger partial charge in [0, 0.05) is 12.5 Å². The second-order valence-electron chi connectivity index (χ2n) is 6.85. The molecule has 1 amide bonds. The minimum atomic E-state index is -1.27. The fraction of sp³-hybridized carbons (Fsp3) is 0.227. The first-order valence-electron chi connectivity index (χ1n) is 9.24. The lowest BCUT2D eigenvalue weighted by atomic mass is 9.98. The lowest BCUT2D eigenvalue weighted by molar-refractivity contribution is 0.00555. The van der Waals surface area contributed by atoms with Crippen molar-refractivity contribution in [1.82, 2.24) is 5.32 Å². The predicted molar refractivity (Wildman–Crippen MR) is 110 cm³/mol. The average molecular weight is 458 g/mol. The van der Waals surface area contributed by atoms with Crippen molar-refractivity contribution >= 4 is 22.0 Å². The molecule has 0 radical (unpaired) electrons. The lowest BCUT2D eigenvalue weighted by Crippen LogP contribution is -2.36. The van der Waals surface area contributed by atoms with Gasteiger partial charge in [0.2, 0.25) is 0 Å². The number of aliphatic hydroxyl groups is 2. The highest BCUT2D eigenvalue weighted by Gasteiger charge is 2.29. The summed E-state index contributed by atoms with van der Waals surface area (Å²) in [7, 11) is 0. The van der Waals surface area contributed by atoms with Gasteiger partial charge in [0.15, 0.2) is 0 Å². The van der Waals surface area contributed by atoms with Crippen molar-refractivity contribution in [3.05, 3.63) is 82.2 Å². The van der Waals surface area contributed by atoms with Crippen molar-refractivity contribution in [2.75, 3.05) is 13.2 Å². The van der Waals surface area contributed by atoms with Crippen LogP contribution >= 0.6 is 15.9 Å². The van der Waals surface area contributed by atoms with Crippen LogP contribution in [0.25, 0.3) is 11.1 Å². The first-order chi connectivity index (χ1) is 14.1. The molecule has 7 heteroatoms. The van der Waals surface area contributed by atoms with Crippen LogP contribution in [-0.4, -0.2) is 35.6 Å². The zero-order valence-corrected chi connectivity index (χ0v) is 17.0. The fourth-order valence-electron chi connectivity index (χ4n) is 3.64. The summed E-state index contributed by atoms with van der Waals surface area (Å²) in [4.78, 5) is 12.1. The van der Waals surface area contributed by atoms with Crippen LogP contribution in [0.3, 0.4) is 0 Å². The standard InChI is InChI=1S/C22H20BrNO5/c23-18-9-10-28-21(18)20(26)19(25)11-24-22(27)29-12-17-15-7-3-1-5-13(15)14-6-2-4-8-16(14)17/h1-10,17,19-20,25-26H,11-12H2,(H,24,27). The first kappa shape index (κ1) is 19.7. The van der Waals surface area contributed by atoms with E-state index in [2.05, 4.69) is 33.4 Å². The highest BCUT2D eigenvalue weighted by Crippen LogP contribution is 2.44. The van der Waals surface area contributed by atoms with Gasteiger partial charge >= 0.3 is 6.09 Å². The highest BCUT2D eigenvalue weighted by atomic mass is 79.9. The molecular formula is C22H20BrNO5. The number of alkyl carbamates (subject to hydrolysis) is 1. The van der Waals surface area contributed by atoms with Gasteiger partial charge in [-0.3, -0.25) is 0 Å². The molecule has 3 N–H and O–H groups in total. The summed E-state index contributed by atoms with van der Waals surface area (Å²) in [5.41, 5.74) is 4.55. The Morgan fingerprint density at radius 2 is 1.69 bits per heavy atom. The van der Waals surface area contributed by atoms with Crippen LogP contribution < -0.4 is 5.32 Å². The second kappa shape index (κ2) is 8.41. The third kappa shape index (κ3) is 3.94. The van der Waals surface area contributed by atoms with Crippen molar-refractivity contribution < 1.29 is 24.2 Å². The van der Waals surface area contributed by atoms with Crippen molar-refractivity contribution in [3.63, 3.8) is 0 Å². The summed E-state index contributed by atoms with van der Waals surface area (Å²) < 4.78 is 11.1. The SMILES string of the molecule is O=C(NCC(O)C(O)c1occc1Br)OCC1c2ccccc2-c2ccccc21. The van der Waals surface area contributed by atoms with Crippen LogP contribution in [-0.2, 0) is 4.74 Å². The molecule has 6 nitrogen and oxygen atoms in total. The summed E-state index contributed by atoms with van der Waals surface area (Å²) >= 11 is 3.23. The quantitative estimate of drug-likeness (QED) is 0.520. The number of hydrogen-bond donors (Lipinski definition) is 3. The molecule has 4 rings (SSSR count). The van der Waals surface area contributed by atoms with E-state index in [-0.39, 0.29) is 24.8 Å². The molecule has 0 bridgehead atoms. The van der Waals surface area contributed by atoms with E-state index in [9.17, 15) is 15.0 Å². The van der Waals surface area contributed by atoms with E-state index in [0.717, 1.165) is 22.3 Å². The number of ether oxygens (including phenoxy) is 1. The maximum atomic E-state index is 12.1. The van der Waals surface area contributed by atoms with E-state index < -0.39 is 18.3 Å². The van der Waals surface area contributed by atoms with E-state index in [1.165, 1.54) is 6.26 Å². The minimum Gasteiger partial charge on any atom is -0.465 e. The minimum absolute atomic E-state index is 0.0391. The Labute approximate surface area is 176 Å². The molecule has 0 fully saturated rings. The number of carbonyl (C=O) groups is 1. The van der Waals surface area contributed by atoms with Crippen LogP contribution in [0.2, 0.25) is 0 Å². The third-order valence-corrected chi connectivity index (χ3v) is 5.73. The number of nitrogens with one attached hydrogen (secondary N) is 1. The largest absolute Gasteiger partial charge is 0.465 e. The van der Waals surface area contributed by atoms with E-state index in [1.54, 1.807) is 6.07 Å². The normalized spacial score (nSPS) is 14.7. The molecule has 0 saturated heterocycles. The number of fused-ring (bicyclic) bond motifs is 3. The highest BCUT2D eigenvalue weighted by molar-refractivity contribution is 9.10. The lowest BCUT2D eigenvalue weighted by Gasteiger charge is -2.18. The summed E-state index contributed by atoms with van der Waals surface area (Å²) in [6.07, 6.45) is -1.77. The number of amides is 1. The molecule has 1 aromatic heterocycles. The summed E-state index contributed by atoms with van der Waals surface area (Å²) in [5.74, 6) is 0.162. The number of benzene rings is 2. The van der Waals surface area contributed by atoms with Crippen molar-refractivity contribution in [2.45, 2.75) is 18.1 Å². The fourth-order valence-corrected chi connectivity index (χ4v) is 4.08. The molecule has 1 aliphatic rings. The van der Waals surface area contributed by atoms with Crippen LogP contribution in [0.4, 0.5) is 4.79 Å². The van der Waals surface area contributed by atoms with Crippen LogP contribution in [0, 0.1) is 0 Å². The van der Waals surface area contributed by atoms with Crippen molar-refractivity contribution in [1.29, 1.82) is 0 Å². The molecule has 1 heterocycles. The van der Waals surface area contributed by atoms with Gasteiger partial charge in [-0.15, -0.1) is 0 Å². The molecule has 150 valence electrons. The molecule has 0 saturated carbocycles. The van der Waals surface area contributed by atoms with Gasteiger partial charge in [-0.1, -0.05) is 48.5 Å². The molecular weight excluding hydrogens is 438 g/mol. The monoisotopic (exact) mass is 457 g/mol. The van der Waals surface area contributed by atoms with Gasteiger partial charge in [0.25, 0.3) is 0 Å². The summed E-state index contributed by atoms with van der Waals surface area (Å²) in [5, 5.41) is 22.7. The molecule has 2 unspecified atom stereocenters. The van der Waals surface area contributed by atoms with Gasteiger partial charge in [-0.25, -0.2) is 4.79 Å². The smallest absolute Gasteiger partial charge is 0.407 e. The van der Waals surface area contributed by atoms with Gasteiger partial charge in [0.05, 0.1) is 10.7 Å². The molecule has 0 spiro atoms. The molecule has 2 aromatic carbocycles. The van der Waals surface area contributed by atoms with Crippen LogP contribution in [0.5, 0.6) is 0 Å². The summed E-state index contributed by atoms with van der Waals surface area (Å²) in [6.45, 7) is 0.00716. The van der Waals surface area contributed by atoms with Crippen molar-refractivity contribution in [3.8, 4) is 11.1 Å². The predicted octanol–water partition coefficient (Wildman–Crippen LogP) is 3.98. The van der Waals surface area contributed by atoms with E-state index in [4.69, 9.17) is 9.15 Å². The number of aliphatic hydroxyl groups excluding tert-OH is 2. The maximum absolute atomic E-state index is 12.1. The molecule has 3 aromatic rings. The molecule has 2 atom stereocenters. The third-order valence-electron chi connectivity index (χ3n) is 5.08. The first-order valence-corrected chi connectivity index (χ1v) is 10.0. The number of halogens is 1. The average Bonchev–Trinajstić information content (AvgIpc) is 3.31. The van der Waals surface area contributed by atoms with E-state index in [1.807, 2.05) is 36.4 Å². The maximum Gasteiger partial charge on any atom is 0.407 e. The Morgan fingerprint density at radius 1 is 1.07 bits per heavy atom. The Hall–Kier alpha value is -2.61. The van der Waals surface area contributed by atoms with E-state index >= 15 is 0 Å². The Balaban J connectivity index is 1.35. The van der Waals surface area contributed by atoms with Gasteiger partial charge in [0.1, 0.15) is 24.6 Å². The molecule has 29 heavy (non-hydrogen) atoms. The number of furan rings is 1. The zero-order valence-electron chi connectivity index (χ0n) is 15.4. The Bertz CT molecular complexity index is 972.